The fourth-order valence-electron chi connectivity index (χ4n) is 2.47. The van der Waals surface area contributed by atoms with Crippen LogP contribution in [0, 0.1) is 0 Å². The number of benzene rings is 2. The summed E-state index contributed by atoms with van der Waals surface area (Å²) in [7, 11) is 3.12. The molecule has 0 aliphatic rings. The average molecular weight is 414 g/mol. The highest BCUT2D eigenvalue weighted by Crippen LogP contribution is 2.35. The number of carbonyl (C=O) groups excluding carboxylic acids is 2. The predicted octanol–water partition coefficient (Wildman–Crippen LogP) is 3.33. The third kappa shape index (κ3) is 5.02. The minimum atomic E-state index is -0.711. The van der Waals surface area contributed by atoms with Crippen LogP contribution >= 0.6 is 11.3 Å². The first-order valence-electron chi connectivity index (χ1n) is 8.44. The molecule has 0 saturated heterocycles. The third-order valence-corrected chi connectivity index (χ3v) is 4.61. The van der Waals surface area contributed by atoms with E-state index in [0.29, 0.717) is 22.3 Å². The van der Waals surface area contributed by atoms with Crippen molar-refractivity contribution in [2.45, 2.75) is 0 Å². The number of nitrogens with one attached hydrogen (secondary N) is 1. The summed E-state index contributed by atoms with van der Waals surface area (Å²) in [5, 5.41) is 14.1. The summed E-state index contributed by atoms with van der Waals surface area (Å²) in [6.45, 7) is -0.480. The maximum atomic E-state index is 12.1. The van der Waals surface area contributed by atoms with Crippen molar-refractivity contribution in [3.8, 4) is 28.5 Å². The van der Waals surface area contributed by atoms with E-state index < -0.39 is 18.5 Å². The number of thiazole rings is 1. The van der Waals surface area contributed by atoms with Gasteiger partial charge in [0.15, 0.2) is 11.7 Å². The van der Waals surface area contributed by atoms with Crippen LogP contribution in [-0.2, 0) is 9.53 Å². The van der Waals surface area contributed by atoms with Crippen LogP contribution in [0.25, 0.3) is 11.3 Å². The van der Waals surface area contributed by atoms with E-state index in [1.807, 2.05) is 0 Å². The fraction of sp³-hybridized carbons (Fsp3) is 0.150. The van der Waals surface area contributed by atoms with Gasteiger partial charge < -0.3 is 19.3 Å². The van der Waals surface area contributed by atoms with E-state index in [2.05, 4.69) is 10.3 Å². The molecule has 2 aromatic carbocycles. The Morgan fingerprint density at radius 3 is 2.69 bits per heavy atom. The quantitative estimate of drug-likeness (QED) is 0.571. The summed E-state index contributed by atoms with van der Waals surface area (Å²) in [6, 6.07) is 11.0. The van der Waals surface area contributed by atoms with Gasteiger partial charge in [0, 0.05) is 10.9 Å². The standard InChI is InChI=1S/C20H18N2O6S/c1-26-14-6-7-17(27-2)15(9-14)16-11-29-20(21-16)22-18(24)10-28-19(25)12-4-3-5-13(23)8-12/h3-9,11,23H,10H2,1-2H3,(H,21,22,24). The molecule has 3 rings (SSSR count). The summed E-state index contributed by atoms with van der Waals surface area (Å²) >= 11 is 1.22. The molecule has 0 aliphatic heterocycles. The number of methoxy groups -OCH3 is 2. The van der Waals surface area contributed by atoms with Gasteiger partial charge >= 0.3 is 5.97 Å². The Hall–Kier alpha value is -3.59. The molecule has 0 saturated carbocycles. The third-order valence-electron chi connectivity index (χ3n) is 3.85. The van der Waals surface area contributed by atoms with Crippen LogP contribution in [0.1, 0.15) is 10.4 Å². The maximum absolute atomic E-state index is 12.1. The highest BCUT2D eigenvalue weighted by Gasteiger charge is 2.15. The molecule has 29 heavy (non-hydrogen) atoms. The normalized spacial score (nSPS) is 10.3. The number of rotatable bonds is 7. The van der Waals surface area contributed by atoms with Crippen LogP contribution < -0.4 is 14.8 Å². The molecule has 2 N–H and O–H groups in total. The molecule has 0 radical (unpaired) electrons. The van der Waals surface area contributed by atoms with E-state index in [1.165, 1.54) is 35.6 Å². The van der Waals surface area contributed by atoms with Gasteiger partial charge in [-0.25, -0.2) is 9.78 Å². The molecule has 0 aliphatic carbocycles. The van der Waals surface area contributed by atoms with Gasteiger partial charge in [0.2, 0.25) is 0 Å². The van der Waals surface area contributed by atoms with Gasteiger partial charge in [-0.2, -0.15) is 0 Å². The molecule has 3 aromatic rings. The van der Waals surface area contributed by atoms with E-state index in [9.17, 15) is 14.7 Å². The van der Waals surface area contributed by atoms with Crippen LogP contribution in [0.5, 0.6) is 17.2 Å². The SMILES string of the molecule is COc1ccc(OC)c(-c2csc(NC(=O)COC(=O)c3cccc(O)c3)n2)c1. The van der Waals surface area contributed by atoms with Crippen molar-refractivity contribution in [2.24, 2.45) is 0 Å². The molecule has 150 valence electrons. The molecule has 1 heterocycles. The molecular formula is C20H18N2O6S. The Balaban J connectivity index is 1.63. The first-order valence-corrected chi connectivity index (χ1v) is 9.32. The predicted molar refractivity (Wildman–Crippen MR) is 108 cm³/mol. The number of ether oxygens (including phenoxy) is 3. The lowest BCUT2D eigenvalue weighted by Gasteiger charge is -2.08. The topological polar surface area (TPSA) is 107 Å². The second-order valence-electron chi connectivity index (χ2n) is 5.78. The molecule has 0 bridgehead atoms. The average Bonchev–Trinajstić information content (AvgIpc) is 3.19. The molecule has 9 heteroatoms. The van der Waals surface area contributed by atoms with E-state index in [4.69, 9.17) is 14.2 Å². The number of amides is 1. The van der Waals surface area contributed by atoms with Gasteiger partial charge in [0.05, 0.1) is 25.5 Å². The zero-order valence-electron chi connectivity index (χ0n) is 15.7. The lowest BCUT2D eigenvalue weighted by molar-refractivity contribution is -0.119. The monoisotopic (exact) mass is 414 g/mol. The molecule has 0 spiro atoms. The van der Waals surface area contributed by atoms with Gasteiger partial charge in [-0.3, -0.25) is 10.1 Å². The molecule has 0 unspecified atom stereocenters. The minimum absolute atomic E-state index is 0.0628. The molecule has 1 aromatic heterocycles. The van der Waals surface area contributed by atoms with Crippen LogP contribution in [0.15, 0.2) is 47.8 Å². The largest absolute Gasteiger partial charge is 0.508 e. The lowest BCUT2D eigenvalue weighted by Crippen LogP contribution is -2.20. The number of phenols is 1. The van der Waals surface area contributed by atoms with E-state index in [-0.39, 0.29) is 11.3 Å². The second-order valence-corrected chi connectivity index (χ2v) is 6.64. The maximum Gasteiger partial charge on any atom is 0.338 e. The number of aromatic nitrogens is 1. The first kappa shape index (κ1) is 20.2. The summed E-state index contributed by atoms with van der Waals surface area (Å²) in [6.07, 6.45) is 0. The number of esters is 1. The number of aromatic hydroxyl groups is 1. The summed E-state index contributed by atoms with van der Waals surface area (Å²) in [5.41, 5.74) is 1.48. The summed E-state index contributed by atoms with van der Waals surface area (Å²) in [5.74, 6) is -0.0338. The number of hydrogen-bond acceptors (Lipinski definition) is 8. The zero-order chi connectivity index (χ0) is 20.8. The Kier molecular flexibility index (Phi) is 6.30. The van der Waals surface area contributed by atoms with Gasteiger partial charge in [-0.1, -0.05) is 6.07 Å². The number of anilines is 1. The van der Waals surface area contributed by atoms with Crippen molar-refractivity contribution in [3.63, 3.8) is 0 Å². The van der Waals surface area contributed by atoms with Gasteiger partial charge in [-0.05, 0) is 36.4 Å². The Morgan fingerprint density at radius 1 is 1.14 bits per heavy atom. The fourth-order valence-corrected chi connectivity index (χ4v) is 3.20. The van der Waals surface area contributed by atoms with Crippen LogP contribution in [0.2, 0.25) is 0 Å². The van der Waals surface area contributed by atoms with E-state index in [0.717, 1.165) is 5.56 Å². The van der Waals surface area contributed by atoms with Crippen LogP contribution in [0.4, 0.5) is 5.13 Å². The minimum Gasteiger partial charge on any atom is -0.508 e. The Labute approximate surface area is 170 Å². The van der Waals surface area contributed by atoms with Crippen molar-refractivity contribution >= 4 is 28.3 Å². The van der Waals surface area contributed by atoms with Crippen molar-refractivity contribution < 1.29 is 28.9 Å². The molecule has 1 amide bonds. The molecule has 0 atom stereocenters. The highest BCUT2D eigenvalue weighted by atomic mass is 32.1. The summed E-state index contributed by atoms with van der Waals surface area (Å²) < 4.78 is 15.5. The number of phenolic OH excluding ortho intramolecular Hbond substituents is 1. The van der Waals surface area contributed by atoms with Gasteiger partial charge in [0.1, 0.15) is 17.2 Å². The zero-order valence-corrected chi connectivity index (χ0v) is 16.5. The smallest absolute Gasteiger partial charge is 0.338 e. The number of hydrogen-bond donors (Lipinski definition) is 2. The summed E-state index contributed by atoms with van der Waals surface area (Å²) in [4.78, 5) is 28.4. The van der Waals surface area contributed by atoms with Crippen molar-refractivity contribution in [1.82, 2.24) is 4.98 Å². The molecular weight excluding hydrogens is 396 g/mol. The Bertz CT molecular complexity index is 1030. The van der Waals surface area contributed by atoms with Gasteiger partial charge in [-0.15, -0.1) is 11.3 Å². The molecule has 8 nitrogen and oxygen atoms in total. The van der Waals surface area contributed by atoms with Crippen molar-refractivity contribution in [2.75, 3.05) is 26.1 Å². The lowest BCUT2D eigenvalue weighted by atomic mass is 10.1. The number of carbonyl (C=O) groups is 2. The van der Waals surface area contributed by atoms with Crippen molar-refractivity contribution in [3.05, 3.63) is 53.4 Å². The second kappa shape index (κ2) is 9.07. The first-order chi connectivity index (χ1) is 14.0. The van der Waals surface area contributed by atoms with Crippen LogP contribution in [-0.4, -0.2) is 42.8 Å². The Morgan fingerprint density at radius 2 is 1.97 bits per heavy atom. The van der Waals surface area contributed by atoms with E-state index in [1.54, 1.807) is 37.8 Å². The van der Waals surface area contributed by atoms with Gasteiger partial charge in [0.25, 0.3) is 5.91 Å². The van der Waals surface area contributed by atoms with E-state index >= 15 is 0 Å². The highest BCUT2D eigenvalue weighted by molar-refractivity contribution is 7.14. The van der Waals surface area contributed by atoms with Crippen molar-refractivity contribution in [1.29, 1.82) is 0 Å². The number of nitrogens with zero attached hydrogens (tertiary/aromatic N) is 1. The van der Waals surface area contributed by atoms with Crippen LogP contribution in [0.3, 0.4) is 0 Å². The molecule has 0 fully saturated rings.